The standard InChI is InChI=1S/C11H11ClFN3O5/c12-2-1-11(14)7(18)6(4-17)21-9(11)16-3-5(13)8(19)15-10(16)20/h3,6-7,9,17-18H,4,14H2,(H,15,19,20)/t6-,7+,9-,11?/m1/s1/i4D2. The maximum atomic E-state index is 13.4. The molecule has 21 heavy (non-hydrogen) atoms. The highest BCUT2D eigenvalue weighted by atomic mass is 35.5. The fourth-order valence-corrected chi connectivity index (χ4v) is 2.14. The van der Waals surface area contributed by atoms with E-state index in [2.05, 4.69) is 5.92 Å². The third-order valence-corrected chi connectivity index (χ3v) is 3.12. The van der Waals surface area contributed by atoms with Gasteiger partial charge in [0.1, 0.15) is 12.2 Å². The maximum Gasteiger partial charge on any atom is 0.330 e. The van der Waals surface area contributed by atoms with Gasteiger partial charge in [-0.05, 0) is 11.6 Å². The SMILES string of the molecule is [2H]C([2H])(O)[C@H]1O[C@@H](n2cc(F)c(=O)[nH]c2=O)C(N)(C#CCl)[C@H]1O. The average molecular weight is 322 g/mol. The average Bonchev–Trinajstić information content (AvgIpc) is 2.67. The summed E-state index contributed by atoms with van der Waals surface area (Å²) in [5, 5.41) is 21.4. The Balaban J connectivity index is 2.64. The third-order valence-electron chi connectivity index (χ3n) is 3.03. The van der Waals surface area contributed by atoms with E-state index in [0.717, 1.165) is 0 Å². The number of aliphatic hydroxyl groups excluding tert-OH is 1. The molecule has 1 unspecified atom stereocenters. The van der Waals surface area contributed by atoms with E-state index in [4.69, 9.17) is 24.8 Å². The van der Waals surface area contributed by atoms with Crippen LogP contribution in [0.3, 0.4) is 0 Å². The Kier molecular flexibility index (Phi) is 3.46. The summed E-state index contributed by atoms with van der Waals surface area (Å²) in [6.45, 7) is -3.04. The maximum absolute atomic E-state index is 13.4. The minimum Gasteiger partial charge on any atom is -0.394 e. The van der Waals surface area contributed by atoms with Gasteiger partial charge in [-0.2, -0.15) is 4.39 Å². The molecule has 2 rings (SSSR count). The molecule has 0 aliphatic carbocycles. The molecule has 1 aliphatic heterocycles. The first-order chi connectivity index (χ1) is 10.5. The predicted octanol–water partition coefficient (Wildman–Crippen LogP) is -2.18. The molecule has 0 bridgehead atoms. The van der Waals surface area contributed by atoms with E-state index in [1.807, 2.05) is 5.38 Å². The van der Waals surface area contributed by atoms with Crippen molar-refractivity contribution in [1.82, 2.24) is 9.55 Å². The second kappa shape index (κ2) is 5.59. The first kappa shape index (κ1) is 13.0. The van der Waals surface area contributed by atoms with Gasteiger partial charge in [-0.25, -0.2) is 4.79 Å². The first-order valence-electron chi connectivity index (χ1n) is 6.51. The third kappa shape index (κ3) is 2.48. The number of hydrogen-bond acceptors (Lipinski definition) is 6. The minimum absolute atomic E-state index is 0.464. The second-order valence-electron chi connectivity index (χ2n) is 4.28. The van der Waals surface area contributed by atoms with Crippen molar-refractivity contribution in [3.63, 3.8) is 0 Å². The lowest BCUT2D eigenvalue weighted by Crippen LogP contribution is -2.55. The van der Waals surface area contributed by atoms with E-state index >= 15 is 0 Å². The Morgan fingerprint density at radius 3 is 2.95 bits per heavy atom. The number of aliphatic hydroxyl groups is 2. The fourth-order valence-electron chi connectivity index (χ4n) is 1.97. The van der Waals surface area contributed by atoms with Gasteiger partial charge in [-0.1, -0.05) is 5.92 Å². The topological polar surface area (TPSA) is 131 Å². The van der Waals surface area contributed by atoms with Crippen molar-refractivity contribution in [3.8, 4) is 11.3 Å². The Morgan fingerprint density at radius 2 is 2.38 bits per heavy atom. The summed E-state index contributed by atoms with van der Waals surface area (Å²) in [6, 6.07) is 0. The van der Waals surface area contributed by atoms with Gasteiger partial charge in [0.05, 0.1) is 15.5 Å². The van der Waals surface area contributed by atoms with E-state index in [-0.39, 0.29) is 0 Å². The van der Waals surface area contributed by atoms with Gasteiger partial charge in [0.25, 0.3) is 5.56 Å². The van der Waals surface area contributed by atoms with Crippen LogP contribution in [0.1, 0.15) is 8.97 Å². The van der Waals surface area contributed by atoms with E-state index in [0.29, 0.717) is 10.8 Å². The van der Waals surface area contributed by atoms with Crippen LogP contribution in [0.4, 0.5) is 4.39 Å². The lowest BCUT2D eigenvalue weighted by atomic mass is 9.92. The Labute approximate surface area is 124 Å². The Morgan fingerprint density at radius 1 is 1.71 bits per heavy atom. The molecule has 0 amide bonds. The number of H-pyrrole nitrogens is 1. The highest BCUT2D eigenvalue weighted by molar-refractivity contribution is 6.30. The zero-order chi connectivity index (χ0) is 17.6. The van der Waals surface area contributed by atoms with Gasteiger partial charge in [-0.15, -0.1) is 0 Å². The summed E-state index contributed by atoms with van der Waals surface area (Å²) in [5.74, 6) is 0.801. The molecule has 4 atom stereocenters. The van der Waals surface area contributed by atoms with Gasteiger partial charge in [0.15, 0.2) is 11.8 Å². The Bertz CT molecular complexity index is 798. The van der Waals surface area contributed by atoms with Gasteiger partial charge < -0.3 is 20.7 Å². The van der Waals surface area contributed by atoms with Crippen LogP contribution in [-0.4, -0.2) is 44.1 Å². The van der Waals surface area contributed by atoms with Crippen LogP contribution in [0.2, 0.25) is 0 Å². The van der Waals surface area contributed by atoms with Gasteiger partial charge >= 0.3 is 5.69 Å². The number of nitrogens with two attached hydrogens (primary N) is 1. The van der Waals surface area contributed by atoms with Crippen LogP contribution in [0.25, 0.3) is 0 Å². The number of ether oxygens (including phenoxy) is 1. The van der Waals surface area contributed by atoms with Crippen LogP contribution < -0.4 is 17.0 Å². The summed E-state index contributed by atoms with van der Waals surface area (Å²) in [7, 11) is 0. The lowest BCUT2D eigenvalue weighted by Gasteiger charge is -2.27. The second-order valence-corrected chi connectivity index (χ2v) is 4.47. The van der Waals surface area contributed by atoms with Gasteiger partial charge in [0, 0.05) is 5.38 Å². The van der Waals surface area contributed by atoms with Crippen molar-refractivity contribution in [2.75, 3.05) is 6.56 Å². The summed E-state index contributed by atoms with van der Waals surface area (Å²) < 4.78 is 33.5. The molecule has 10 heteroatoms. The number of aromatic nitrogens is 2. The number of aromatic amines is 1. The molecule has 1 aromatic rings. The molecule has 1 fully saturated rings. The molecule has 0 saturated carbocycles. The highest BCUT2D eigenvalue weighted by Crippen LogP contribution is 2.35. The molecule has 5 N–H and O–H groups in total. The van der Waals surface area contributed by atoms with Crippen molar-refractivity contribution >= 4 is 11.6 Å². The molecule has 0 aromatic carbocycles. The molecule has 1 aliphatic rings. The quantitative estimate of drug-likeness (QED) is 0.458. The van der Waals surface area contributed by atoms with Crippen molar-refractivity contribution in [1.29, 1.82) is 0 Å². The summed E-state index contributed by atoms with van der Waals surface area (Å²) in [4.78, 5) is 24.5. The zero-order valence-electron chi connectivity index (χ0n) is 12.2. The summed E-state index contributed by atoms with van der Waals surface area (Å²) in [5.41, 5.74) is 1.27. The molecule has 0 spiro atoms. The van der Waals surface area contributed by atoms with E-state index in [9.17, 15) is 24.2 Å². The van der Waals surface area contributed by atoms with Crippen LogP contribution >= 0.6 is 11.6 Å². The van der Waals surface area contributed by atoms with Gasteiger partial charge in [-0.3, -0.25) is 14.3 Å². The summed E-state index contributed by atoms with van der Waals surface area (Å²) in [6.07, 6.45) is -5.09. The lowest BCUT2D eigenvalue weighted by molar-refractivity contribution is -0.0480. The van der Waals surface area contributed by atoms with Gasteiger partial charge in [0.2, 0.25) is 5.82 Å². The van der Waals surface area contributed by atoms with E-state index in [1.54, 1.807) is 4.98 Å². The smallest absolute Gasteiger partial charge is 0.330 e. The minimum atomic E-state index is -3.04. The van der Waals surface area contributed by atoms with Crippen molar-refractivity contribution < 1.29 is 22.1 Å². The molecule has 2 heterocycles. The molecule has 114 valence electrons. The number of nitrogens with zero attached hydrogens (tertiary/aromatic N) is 1. The van der Waals surface area contributed by atoms with Crippen LogP contribution in [0.15, 0.2) is 15.8 Å². The number of hydrogen-bond donors (Lipinski definition) is 4. The monoisotopic (exact) mass is 321 g/mol. The van der Waals surface area contributed by atoms with Crippen LogP contribution in [0, 0.1) is 17.1 Å². The molecular weight excluding hydrogens is 309 g/mol. The van der Waals surface area contributed by atoms with E-state index < -0.39 is 47.6 Å². The molecule has 0 radical (unpaired) electrons. The van der Waals surface area contributed by atoms with E-state index in [1.165, 1.54) is 0 Å². The number of nitrogens with one attached hydrogen (secondary N) is 1. The molecule has 1 aromatic heterocycles. The van der Waals surface area contributed by atoms with Crippen molar-refractivity contribution in [2.24, 2.45) is 5.73 Å². The molecular formula is C11H11ClFN3O5. The largest absolute Gasteiger partial charge is 0.394 e. The summed E-state index contributed by atoms with van der Waals surface area (Å²) >= 11 is 5.26. The molecule has 1 saturated heterocycles. The first-order valence-corrected chi connectivity index (χ1v) is 5.88. The fraction of sp³-hybridized carbons (Fsp3) is 0.455. The van der Waals surface area contributed by atoms with Crippen LogP contribution in [0.5, 0.6) is 0 Å². The highest BCUT2D eigenvalue weighted by Gasteiger charge is 2.54. The normalized spacial score (nSPS) is 33.9. The van der Waals surface area contributed by atoms with Crippen molar-refractivity contribution in [2.45, 2.75) is 24.0 Å². The Hall–Kier alpha value is -1.70. The number of rotatable bonds is 2. The molecule has 8 nitrogen and oxygen atoms in total. The predicted molar refractivity (Wildman–Crippen MR) is 68.8 cm³/mol. The number of halogens is 2. The zero-order valence-corrected chi connectivity index (χ0v) is 11.0. The van der Waals surface area contributed by atoms with Crippen LogP contribution in [-0.2, 0) is 4.74 Å². The van der Waals surface area contributed by atoms with Crippen molar-refractivity contribution in [3.05, 3.63) is 32.9 Å².